The highest BCUT2D eigenvalue weighted by Crippen LogP contribution is 2.23. The zero-order chi connectivity index (χ0) is 16.4. The van der Waals surface area contributed by atoms with Crippen LogP contribution in [0, 0.1) is 0 Å². The Morgan fingerprint density at radius 3 is 2.50 bits per heavy atom. The molecule has 4 rings (SSSR count). The first kappa shape index (κ1) is 14.3. The number of rotatable bonds is 4. The molecule has 0 aliphatic rings. The fourth-order valence-corrected chi connectivity index (χ4v) is 2.62. The number of nitrogen functional groups attached to an aromatic ring is 1. The molecule has 0 atom stereocenters. The van der Waals surface area contributed by atoms with E-state index in [1.807, 2.05) is 71.3 Å². The van der Waals surface area contributed by atoms with Crippen LogP contribution >= 0.6 is 0 Å². The van der Waals surface area contributed by atoms with E-state index < -0.39 is 0 Å². The third-order valence-corrected chi connectivity index (χ3v) is 3.79. The Balaban J connectivity index is 1.58. The number of nitrogens with zero attached hydrogens (tertiary/aromatic N) is 3. The first-order valence-corrected chi connectivity index (χ1v) is 7.67. The summed E-state index contributed by atoms with van der Waals surface area (Å²) in [4.78, 5) is 8.70. The van der Waals surface area contributed by atoms with Crippen molar-refractivity contribution in [2.24, 2.45) is 0 Å². The van der Waals surface area contributed by atoms with E-state index in [0.717, 1.165) is 28.2 Å². The van der Waals surface area contributed by atoms with Crippen LogP contribution in [0.3, 0.4) is 0 Å². The van der Waals surface area contributed by atoms with Crippen LogP contribution in [0.2, 0.25) is 0 Å². The minimum Gasteiger partial charge on any atom is -0.489 e. The van der Waals surface area contributed by atoms with Gasteiger partial charge in [0.05, 0.1) is 5.69 Å². The van der Waals surface area contributed by atoms with Gasteiger partial charge >= 0.3 is 0 Å². The molecule has 0 radical (unpaired) electrons. The Kier molecular flexibility index (Phi) is 3.59. The molecule has 0 aliphatic carbocycles. The summed E-state index contributed by atoms with van der Waals surface area (Å²) in [6.45, 7) is 0.540. The maximum Gasteiger partial charge on any atom is 0.207 e. The molecule has 0 saturated carbocycles. The van der Waals surface area contributed by atoms with Crippen LogP contribution in [0.5, 0.6) is 5.75 Å². The fraction of sp³-hybridized carbons (Fsp3) is 0.0526. The van der Waals surface area contributed by atoms with Crippen molar-refractivity contribution in [2.75, 3.05) is 5.73 Å². The molecular formula is C19H16N4O. The lowest BCUT2D eigenvalue weighted by Crippen LogP contribution is -2.01. The molecule has 4 aromatic rings. The molecule has 0 unspecified atom stereocenters. The van der Waals surface area contributed by atoms with Crippen molar-refractivity contribution in [3.05, 3.63) is 78.5 Å². The smallest absolute Gasteiger partial charge is 0.207 e. The molecule has 0 amide bonds. The second kappa shape index (κ2) is 6.04. The maximum absolute atomic E-state index is 6.04. The van der Waals surface area contributed by atoms with Gasteiger partial charge < -0.3 is 10.5 Å². The van der Waals surface area contributed by atoms with Gasteiger partial charge in [-0.15, -0.1) is 0 Å². The summed E-state index contributed by atoms with van der Waals surface area (Å²) < 4.78 is 7.64. The van der Waals surface area contributed by atoms with Gasteiger partial charge in [0.25, 0.3) is 0 Å². The lowest BCUT2D eigenvalue weighted by atomic mass is 10.2. The van der Waals surface area contributed by atoms with Gasteiger partial charge in [0.1, 0.15) is 17.9 Å². The van der Waals surface area contributed by atoms with Crippen LogP contribution in [0.25, 0.3) is 16.9 Å². The number of ether oxygens (including phenoxy) is 1. The standard InChI is InChI=1S/C19H16N4O/c20-19-22-17-7-4-12-21-18(17)23(19)15-8-10-16(11-9-15)24-13-14-5-2-1-3-6-14/h1-12H,13H2,(H2,20,22). The van der Waals surface area contributed by atoms with Gasteiger partial charge in [-0.1, -0.05) is 30.3 Å². The average Bonchev–Trinajstić information content (AvgIpc) is 2.97. The summed E-state index contributed by atoms with van der Waals surface area (Å²) in [6, 6.07) is 21.6. The Hall–Kier alpha value is -3.34. The lowest BCUT2D eigenvalue weighted by molar-refractivity contribution is 0.306. The van der Waals surface area contributed by atoms with Crippen LogP contribution in [0.1, 0.15) is 5.56 Å². The van der Waals surface area contributed by atoms with E-state index in [2.05, 4.69) is 9.97 Å². The van der Waals surface area contributed by atoms with Crippen molar-refractivity contribution in [1.29, 1.82) is 0 Å². The molecule has 0 fully saturated rings. The van der Waals surface area contributed by atoms with Crippen LogP contribution in [-0.2, 0) is 6.61 Å². The van der Waals surface area contributed by atoms with Crippen LogP contribution in [0.15, 0.2) is 72.9 Å². The maximum atomic E-state index is 6.04. The molecule has 24 heavy (non-hydrogen) atoms. The van der Waals surface area contributed by atoms with Crippen molar-refractivity contribution in [3.63, 3.8) is 0 Å². The van der Waals surface area contributed by atoms with E-state index in [0.29, 0.717) is 12.6 Å². The predicted octanol–water partition coefficient (Wildman–Crippen LogP) is 3.58. The Labute approximate surface area is 139 Å². The highest BCUT2D eigenvalue weighted by molar-refractivity contribution is 5.76. The van der Waals surface area contributed by atoms with E-state index in [1.165, 1.54) is 0 Å². The second-order valence-corrected chi connectivity index (χ2v) is 5.42. The van der Waals surface area contributed by atoms with E-state index in [9.17, 15) is 0 Å². The lowest BCUT2D eigenvalue weighted by Gasteiger charge is -2.09. The summed E-state index contributed by atoms with van der Waals surface area (Å²) in [5.74, 6) is 1.22. The molecule has 5 nitrogen and oxygen atoms in total. The van der Waals surface area contributed by atoms with Crippen molar-refractivity contribution in [2.45, 2.75) is 6.61 Å². The zero-order valence-corrected chi connectivity index (χ0v) is 13.0. The van der Waals surface area contributed by atoms with Gasteiger partial charge in [-0.05, 0) is 42.0 Å². The monoisotopic (exact) mass is 316 g/mol. The highest BCUT2D eigenvalue weighted by atomic mass is 16.5. The van der Waals surface area contributed by atoms with Crippen LogP contribution < -0.4 is 10.5 Å². The van der Waals surface area contributed by atoms with Crippen LogP contribution in [0.4, 0.5) is 5.95 Å². The molecule has 2 N–H and O–H groups in total. The molecule has 118 valence electrons. The average molecular weight is 316 g/mol. The van der Waals surface area contributed by atoms with E-state index in [-0.39, 0.29) is 0 Å². The van der Waals surface area contributed by atoms with E-state index >= 15 is 0 Å². The Bertz CT molecular complexity index is 962. The normalized spacial score (nSPS) is 10.8. The van der Waals surface area contributed by atoms with Gasteiger partial charge in [0, 0.05) is 6.20 Å². The molecule has 2 heterocycles. The molecule has 0 saturated heterocycles. The fourth-order valence-electron chi connectivity index (χ4n) is 2.62. The molecule has 0 aliphatic heterocycles. The number of hydrogen-bond acceptors (Lipinski definition) is 4. The molecular weight excluding hydrogens is 300 g/mol. The topological polar surface area (TPSA) is 66.0 Å². The Morgan fingerprint density at radius 2 is 1.71 bits per heavy atom. The number of aromatic nitrogens is 3. The van der Waals surface area contributed by atoms with Crippen molar-refractivity contribution in [1.82, 2.24) is 14.5 Å². The summed E-state index contributed by atoms with van der Waals surface area (Å²) in [5.41, 5.74) is 9.60. The largest absolute Gasteiger partial charge is 0.489 e. The SMILES string of the molecule is Nc1nc2cccnc2n1-c1ccc(OCc2ccccc2)cc1. The first-order valence-electron chi connectivity index (χ1n) is 7.67. The van der Waals surface area contributed by atoms with Gasteiger partial charge in [-0.25, -0.2) is 9.97 Å². The summed E-state index contributed by atoms with van der Waals surface area (Å²) in [5, 5.41) is 0. The molecule has 5 heteroatoms. The van der Waals surface area contributed by atoms with Gasteiger partial charge in [0.2, 0.25) is 5.95 Å². The minimum atomic E-state index is 0.418. The van der Waals surface area contributed by atoms with Crippen molar-refractivity contribution in [3.8, 4) is 11.4 Å². The van der Waals surface area contributed by atoms with Gasteiger partial charge in [0.15, 0.2) is 5.65 Å². The number of nitrogens with two attached hydrogens (primary N) is 1. The zero-order valence-electron chi connectivity index (χ0n) is 13.0. The molecule has 0 spiro atoms. The molecule has 2 aromatic carbocycles. The number of anilines is 1. The second-order valence-electron chi connectivity index (χ2n) is 5.42. The third-order valence-electron chi connectivity index (χ3n) is 3.79. The molecule has 2 aromatic heterocycles. The van der Waals surface area contributed by atoms with E-state index in [4.69, 9.17) is 10.5 Å². The quantitative estimate of drug-likeness (QED) is 0.625. The Morgan fingerprint density at radius 1 is 0.917 bits per heavy atom. The number of hydrogen-bond donors (Lipinski definition) is 1. The van der Waals surface area contributed by atoms with Gasteiger partial charge in [-0.2, -0.15) is 0 Å². The minimum absolute atomic E-state index is 0.418. The highest BCUT2D eigenvalue weighted by Gasteiger charge is 2.10. The van der Waals surface area contributed by atoms with E-state index in [1.54, 1.807) is 6.20 Å². The number of benzene rings is 2. The van der Waals surface area contributed by atoms with Crippen molar-refractivity contribution < 1.29 is 4.74 Å². The summed E-state index contributed by atoms with van der Waals surface area (Å²) in [6.07, 6.45) is 1.73. The summed E-state index contributed by atoms with van der Waals surface area (Å²) >= 11 is 0. The summed E-state index contributed by atoms with van der Waals surface area (Å²) in [7, 11) is 0. The molecule has 0 bridgehead atoms. The third kappa shape index (κ3) is 2.67. The number of pyridine rings is 1. The van der Waals surface area contributed by atoms with Crippen molar-refractivity contribution >= 4 is 17.1 Å². The van der Waals surface area contributed by atoms with Gasteiger partial charge in [-0.3, -0.25) is 4.57 Å². The van der Waals surface area contributed by atoms with Crippen LogP contribution in [-0.4, -0.2) is 14.5 Å². The predicted molar refractivity (Wildman–Crippen MR) is 94.1 cm³/mol. The first-order chi connectivity index (χ1) is 11.8. The number of fused-ring (bicyclic) bond motifs is 1. The number of imidazole rings is 1.